The summed E-state index contributed by atoms with van der Waals surface area (Å²) in [6.45, 7) is 2.53. The van der Waals surface area contributed by atoms with Crippen molar-refractivity contribution in [1.82, 2.24) is 35.0 Å². The summed E-state index contributed by atoms with van der Waals surface area (Å²) in [5.41, 5.74) is 3.60. The molecule has 208 valence electrons. The molecule has 1 aliphatic rings. The number of aliphatic carboxylic acids is 1. The smallest absolute Gasteiger partial charge is 0.307 e. The first-order chi connectivity index (χ1) is 19.4. The number of pyridine rings is 2. The van der Waals surface area contributed by atoms with E-state index in [0.29, 0.717) is 57.8 Å². The van der Waals surface area contributed by atoms with Gasteiger partial charge in [0.2, 0.25) is 5.95 Å². The lowest BCUT2D eigenvalue weighted by atomic mass is 9.87. The Labute approximate surface area is 231 Å². The van der Waals surface area contributed by atoms with Gasteiger partial charge in [-0.05, 0) is 37.0 Å². The van der Waals surface area contributed by atoms with E-state index in [2.05, 4.69) is 41.0 Å². The minimum absolute atomic E-state index is 0.128. The van der Waals surface area contributed by atoms with Crippen LogP contribution in [0, 0.1) is 12.8 Å². The molecule has 1 aliphatic carbocycles. The molecule has 4 N–H and O–H groups in total. The van der Waals surface area contributed by atoms with E-state index < -0.39 is 5.97 Å². The average molecular weight is 544 g/mol. The molecule has 40 heavy (non-hydrogen) atoms. The van der Waals surface area contributed by atoms with Crippen molar-refractivity contribution in [2.75, 3.05) is 17.2 Å². The van der Waals surface area contributed by atoms with Crippen molar-refractivity contribution in [3.05, 3.63) is 53.7 Å². The molecule has 0 spiro atoms. The molecule has 0 aliphatic heterocycles. The molecule has 4 aromatic heterocycles. The second-order valence-corrected chi connectivity index (χ2v) is 10.2. The Morgan fingerprint density at radius 3 is 2.67 bits per heavy atom. The molecule has 4 heterocycles. The molecule has 1 fully saturated rings. The van der Waals surface area contributed by atoms with E-state index in [9.17, 15) is 9.59 Å². The van der Waals surface area contributed by atoms with Gasteiger partial charge in [-0.15, -0.1) is 0 Å². The number of hydrogen-bond donors (Lipinski definition) is 4. The number of aryl methyl sites for hydroxylation is 2. The van der Waals surface area contributed by atoms with Gasteiger partial charge in [-0.2, -0.15) is 10.1 Å². The summed E-state index contributed by atoms with van der Waals surface area (Å²) >= 11 is 0. The highest BCUT2D eigenvalue weighted by Crippen LogP contribution is 2.28. The highest BCUT2D eigenvalue weighted by molar-refractivity contribution is 5.96. The number of carboxylic acid groups (broad SMARTS) is 1. The van der Waals surface area contributed by atoms with Crippen LogP contribution in [0.3, 0.4) is 0 Å². The van der Waals surface area contributed by atoms with Gasteiger partial charge in [-0.25, -0.2) is 9.67 Å². The van der Waals surface area contributed by atoms with Crippen molar-refractivity contribution in [2.24, 2.45) is 13.0 Å². The molecule has 12 heteroatoms. The third-order valence-corrected chi connectivity index (χ3v) is 7.15. The Kier molecular flexibility index (Phi) is 8.13. The SMILES string of the molecule is Cc1ncc(C(=O)NCCC2CCCCC2)cc1Nc1nn(C)c2nc(Nc3cncc(CC(=O)O)c3)ncc12. The fourth-order valence-electron chi connectivity index (χ4n) is 5.03. The van der Waals surface area contributed by atoms with E-state index in [4.69, 9.17) is 5.11 Å². The zero-order valence-corrected chi connectivity index (χ0v) is 22.6. The van der Waals surface area contributed by atoms with E-state index in [0.717, 1.165) is 12.1 Å². The minimum Gasteiger partial charge on any atom is -0.481 e. The summed E-state index contributed by atoms with van der Waals surface area (Å²) in [4.78, 5) is 41.3. The predicted molar refractivity (Wildman–Crippen MR) is 151 cm³/mol. The highest BCUT2D eigenvalue weighted by atomic mass is 16.4. The fraction of sp³-hybridized carbons (Fsp3) is 0.393. The summed E-state index contributed by atoms with van der Waals surface area (Å²) in [6.07, 6.45) is 13.6. The molecule has 12 nitrogen and oxygen atoms in total. The fourth-order valence-corrected chi connectivity index (χ4v) is 5.03. The molecule has 1 amide bonds. The standard InChI is InChI=1S/C28H33N9O3/c1-17-23(12-20(14-31-17)27(40)30-9-8-18-6-4-3-5-7-18)34-25-22-16-32-28(35-26(22)37(2)36-25)33-21-10-19(11-24(38)39)13-29-15-21/h10,12-16,18H,3-9,11H2,1-2H3,(H,30,40)(H,34,36)(H,38,39)(H,32,33,35). The molecule has 5 rings (SSSR count). The first-order valence-electron chi connectivity index (χ1n) is 13.5. The van der Waals surface area contributed by atoms with Crippen LogP contribution in [-0.2, 0) is 18.3 Å². The largest absolute Gasteiger partial charge is 0.481 e. The van der Waals surface area contributed by atoms with Crippen LogP contribution in [-0.4, -0.2) is 53.2 Å². The number of carbonyl (C=O) groups excluding carboxylic acids is 1. The number of rotatable bonds is 10. The van der Waals surface area contributed by atoms with Gasteiger partial charge in [-0.3, -0.25) is 19.6 Å². The summed E-state index contributed by atoms with van der Waals surface area (Å²) in [5, 5.41) is 23.7. The number of carbonyl (C=O) groups is 2. The second-order valence-electron chi connectivity index (χ2n) is 10.2. The zero-order valence-electron chi connectivity index (χ0n) is 22.6. The number of anilines is 4. The van der Waals surface area contributed by atoms with Crippen LogP contribution in [0.2, 0.25) is 0 Å². The lowest BCUT2D eigenvalue weighted by molar-refractivity contribution is -0.136. The summed E-state index contributed by atoms with van der Waals surface area (Å²) in [5.74, 6) is 0.488. The Balaban J connectivity index is 1.28. The summed E-state index contributed by atoms with van der Waals surface area (Å²) in [6, 6.07) is 3.48. The van der Waals surface area contributed by atoms with Crippen molar-refractivity contribution < 1.29 is 14.7 Å². The third-order valence-electron chi connectivity index (χ3n) is 7.15. The summed E-state index contributed by atoms with van der Waals surface area (Å²) < 4.78 is 1.63. The normalized spacial score (nSPS) is 13.8. The van der Waals surface area contributed by atoms with Gasteiger partial charge in [0.1, 0.15) is 0 Å². The summed E-state index contributed by atoms with van der Waals surface area (Å²) in [7, 11) is 1.78. The van der Waals surface area contributed by atoms with E-state index in [-0.39, 0.29) is 12.3 Å². The van der Waals surface area contributed by atoms with Crippen LogP contribution in [0.25, 0.3) is 11.0 Å². The van der Waals surface area contributed by atoms with Gasteiger partial charge < -0.3 is 21.1 Å². The van der Waals surface area contributed by atoms with Crippen LogP contribution >= 0.6 is 0 Å². The van der Waals surface area contributed by atoms with Crippen LogP contribution in [0.5, 0.6) is 0 Å². The number of fused-ring (bicyclic) bond motifs is 1. The maximum absolute atomic E-state index is 12.8. The van der Waals surface area contributed by atoms with Crippen molar-refractivity contribution >= 4 is 46.1 Å². The average Bonchev–Trinajstić information content (AvgIpc) is 3.24. The molecular formula is C28H33N9O3. The van der Waals surface area contributed by atoms with Crippen molar-refractivity contribution in [3.63, 3.8) is 0 Å². The van der Waals surface area contributed by atoms with Gasteiger partial charge in [0.25, 0.3) is 5.91 Å². The predicted octanol–water partition coefficient (Wildman–Crippen LogP) is 4.28. The Hall–Kier alpha value is -4.61. The number of amides is 1. The van der Waals surface area contributed by atoms with E-state index in [1.807, 2.05) is 6.92 Å². The molecule has 1 saturated carbocycles. The molecule has 0 radical (unpaired) electrons. The van der Waals surface area contributed by atoms with Crippen LogP contribution in [0.4, 0.5) is 23.1 Å². The highest BCUT2D eigenvalue weighted by Gasteiger charge is 2.17. The molecule has 4 aromatic rings. The maximum atomic E-state index is 12.8. The Morgan fingerprint density at radius 1 is 1.05 bits per heavy atom. The first-order valence-corrected chi connectivity index (χ1v) is 13.5. The lowest BCUT2D eigenvalue weighted by Gasteiger charge is -2.21. The molecule has 0 bridgehead atoms. The Bertz CT molecular complexity index is 1530. The van der Waals surface area contributed by atoms with Crippen LogP contribution in [0.1, 0.15) is 60.1 Å². The van der Waals surface area contributed by atoms with Gasteiger partial charge in [0.05, 0.1) is 40.6 Å². The van der Waals surface area contributed by atoms with Gasteiger partial charge in [0.15, 0.2) is 11.5 Å². The lowest BCUT2D eigenvalue weighted by Crippen LogP contribution is -2.26. The number of nitrogens with one attached hydrogen (secondary N) is 3. The quantitative estimate of drug-likeness (QED) is 0.227. The second kappa shape index (κ2) is 12.1. The Morgan fingerprint density at radius 2 is 1.88 bits per heavy atom. The molecule has 0 saturated heterocycles. The van der Waals surface area contributed by atoms with E-state index >= 15 is 0 Å². The number of nitrogens with zero attached hydrogens (tertiary/aromatic N) is 6. The van der Waals surface area contributed by atoms with Gasteiger partial charge >= 0.3 is 5.97 Å². The zero-order chi connectivity index (χ0) is 28.1. The maximum Gasteiger partial charge on any atom is 0.307 e. The third kappa shape index (κ3) is 6.50. The first kappa shape index (κ1) is 27.0. The molecular weight excluding hydrogens is 510 g/mol. The minimum atomic E-state index is -0.933. The molecule has 0 unspecified atom stereocenters. The van der Waals surface area contributed by atoms with E-state index in [1.165, 1.54) is 38.3 Å². The molecule has 0 aromatic carbocycles. The number of hydrogen-bond acceptors (Lipinski definition) is 9. The van der Waals surface area contributed by atoms with Crippen molar-refractivity contribution in [2.45, 2.75) is 51.9 Å². The van der Waals surface area contributed by atoms with E-state index in [1.54, 1.807) is 42.5 Å². The van der Waals surface area contributed by atoms with Crippen molar-refractivity contribution in [1.29, 1.82) is 0 Å². The number of carboxylic acids is 1. The molecule has 0 atom stereocenters. The van der Waals surface area contributed by atoms with Crippen LogP contribution < -0.4 is 16.0 Å². The monoisotopic (exact) mass is 543 g/mol. The number of aromatic nitrogens is 6. The topological polar surface area (TPSA) is 160 Å². The van der Waals surface area contributed by atoms with Crippen LogP contribution in [0.15, 0.2) is 36.9 Å². The van der Waals surface area contributed by atoms with Gasteiger partial charge in [0, 0.05) is 32.2 Å². The van der Waals surface area contributed by atoms with Crippen molar-refractivity contribution in [3.8, 4) is 0 Å². The van der Waals surface area contributed by atoms with Gasteiger partial charge in [-0.1, -0.05) is 32.1 Å².